The van der Waals surface area contributed by atoms with Gasteiger partial charge in [-0.1, -0.05) is 105 Å². The molecule has 0 unspecified atom stereocenters. The summed E-state index contributed by atoms with van der Waals surface area (Å²) in [7, 11) is 0. The van der Waals surface area contributed by atoms with E-state index >= 15 is 0 Å². The van der Waals surface area contributed by atoms with E-state index in [4.69, 9.17) is 0 Å². The van der Waals surface area contributed by atoms with Gasteiger partial charge in [-0.2, -0.15) is 0 Å². The van der Waals surface area contributed by atoms with Gasteiger partial charge in [0.1, 0.15) is 0 Å². The zero-order valence-corrected chi connectivity index (χ0v) is 41.5. The summed E-state index contributed by atoms with van der Waals surface area (Å²) in [5.74, 6) is 0. The van der Waals surface area contributed by atoms with Crippen molar-refractivity contribution < 1.29 is 0 Å². The molecule has 0 fully saturated rings. The van der Waals surface area contributed by atoms with Crippen LogP contribution in [0.2, 0.25) is 0 Å². The van der Waals surface area contributed by atoms with Crippen LogP contribution in [0.3, 0.4) is 0 Å². The maximum Gasteiger partial charge on any atom is 0.0494 e. The molecule has 68 heavy (non-hydrogen) atoms. The highest BCUT2D eigenvalue weighted by Gasteiger charge is 2.38. The monoisotopic (exact) mass is 889 g/mol. The Morgan fingerprint density at radius 3 is 0.985 bits per heavy atom. The number of anilines is 10. The highest BCUT2D eigenvalue weighted by atomic mass is 15.2. The lowest BCUT2D eigenvalue weighted by Gasteiger charge is -2.44. The molecular weight excluding hydrogens is 825 g/mol. The minimum Gasteiger partial charge on any atom is -0.314 e. The van der Waals surface area contributed by atoms with Gasteiger partial charge in [-0.05, 0) is 209 Å². The molecule has 0 spiro atoms. The van der Waals surface area contributed by atoms with Crippen LogP contribution in [0.5, 0.6) is 0 Å². The minimum absolute atomic E-state index is 0.293. The number of rotatable bonds is 12. The Balaban J connectivity index is 1.27. The van der Waals surface area contributed by atoms with Crippen LogP contribution < -0.4 is 19.6 Å². The number of aryl methyl sites for hydroxylation is 7. The van der Waals surface area contributed by atoms with Crippen molar-refractivity contribution >= 4 is 56.9 Å². The van der Waals surface area contributed by atoms with E-state index in [0.29, 0.717) is 0 Å². The zero-order chi connectivity index (χ0) is 47.7. The van der Waals surface area contributed by atoms with Gasteiger partial charge in [0.2, 0.25) is 0 Å². The number of benzene rings is 8. The lowest BCUT2D eigenvalue weighted by atomic mass is 9.77. The molecule has 0 bridgehead atoms. The van der Waals surface area contributed by atoms with Crippen LogP contribution >= 0.6 is 0 Å². The fraction of sp³-hybridized carbons (Fsp3) is 0.188. The van der Waals surface area contributed by atoms with Crippen molar-refractivity contribution in [2.75, 3.05) is 19.6 Å². The summed E-state index contributed by atoms with van der Waals surface area (Å²) in [5, 5.41) is 0. The van der Waals surface area contributed by atoms with Gasteiger partial charge < -0.3 is 19.6 Å². The van der Waals surface area contributed by atoms with Crippen molar-refractivity contribution in [1.29, 1.82) is 0 Å². The minimum atomic E-state index is -0.293. The molecule has 9 rings (SSSR count). The molecule has 1 aliphatic carbocycles. The first-order chi connectivity index (χ1) is 32.8. The quantitative estimate of drug-likeness (QED) is 0.121. The molecule has 0 heterocycles. The summed E-state index contributed by atoms with van der Waals surface area (Å²) in [4.78, 5) is 9.88. The van der Waals surface area contributed by atoms with Crippen LogP contribution in [-0.4, -0.2) is 0 Å². The van der Waals surface area contributed by atoms with Crippen LogP contribution in [0.1, 0.15) is 66.1 Å². The fourth-order valence-electron chi connectivity index (χ4n) is 10.0. The average molecular weight is 889 g/mol. The Morgan fingerprint density at radius 2 is 0.632 bits per heavy atom. The standard InChI is InChI=1S/C64H64N4/c1-44-23-20-32-55(35-44)65(52-26-14-11-15-27-52)58-38-49(6)60(40-47(58)4)68(61-41-48(5)59(39-50(61)7)66(53-28-16-12-17-29-53)56-33-21-24-45(2)36-56)63-42-51(8)62(43-64(63,9)10)67(54-30-18-13-19-31-54)57-34-22-25-46(3)37-57/h11-42H,43H2,1-10H3. The molecule has 0 saturated heterocycles. The van der Waals surface area contributed by atoms with Gasteiger partial charge in [0.05, 0.1) is 0 Å². The molecule has 0 saturated carbocycles. The summed E-state index contributed by atoms with van der Waals surface area (Å²) in [5.41, 5.74) is 23.5. The van der Waals surface area contributed by atoms with E-state index in [1.807, 2.05) is 0 Å². The molecule has 0 N–H and O–H groups in total. The van der Waals surface area contributed by atoms with E-state index < -0.39 is 0 Å². The normalized spacial score (nSPS) is 13.2. The van der Waals surface area contributed by atoms with E-state index in [9.17, 15) is 0 Å². The Hall–Kier alpha value is -7.56. The van der Waals surface area contributed by atoms with Gasteiger partial charge >= 0.3 is 0 Å². The lowest BCUT2D eigenvalue weighted by molar-refractivity contribution is 0.423. The lowest BCUT2D eigenvalue weighted by Crippen LogP contribution is -2.35. The molecule has 4 heteroatoms. The molecule has 0 aromatic heterocycles. The van der Waals surface area contributed by atoms with Crippen molar-refractivity contribution in [2.24, 2.45) is 5.41 Å². The van der Waals surface area contributed by atoms with Crippen LogP contribution in [-0.2, 0) is 0 Å². The number of para-hydroxylation sites is 3. The van der Waals surface area contributed by atoms with Gasteiger partial charge in [0.25, 0.3) is 0 Å². The van der Waals surface area contributed by atoms with E-state index in [1.54, 1.807) is 0 Å². The third kappa shape index (κ3) is 9.12. The number of allylic oxidation sites excluding steroid dienone is 4. The molecule has 0 aliphatic heterocycles. The first-order valence-corrected chi connectivity index (χ1v) is 24.0. The molecule has 4 nitrogen and oxygen atoms in total. The van der Waals surface area contributed by atoms with Gasteiger partial charge in [0, 0.05) is 73.7 Å². The van der Waals surface area contributed by atoms with E-state index in [1.165, 1.54) is 73.0 Å². The predicted octanol–water partition coefficient (Wildman–Crippen LogP) is 18.3. The second-order valence-electron chi connectivity index (χ2n) is 19.4. The first kappa shape index (κ1) is 45.6. The molecule has 0 radical (unpaired) electrons. The topological polar surface area (TPSA) is 13.0 Å². The van der Waals surface area contributed by atoms with Gasteiger partial charge in [-0.15, -0.1) is 0 Å². The predicted molar refractivity (Wildman–Crippen MR) is 292 cm³/mol. The van der Waals surface area contributed by atoms with E-state index in [-0.39, 0.29) is 5.41 Å². The molecular formula is C64H64N4. The van der Waals surface area contributed by atoms with Crippen molar-refractivity contribution in [1.82, 2.24) is 0 Å². The van der Waals surface area contributed by atoms with Gasteiger partial charge in [-0.25, -0.2) is 0 Å². The third-order valence-corrected chi connectivity index (χ3v) is 13.4. The molecule has 0 amide bonds. The first-order valence-electron chi connectivity index (χ1n) is 24.0. The molecule has 0 atom stereocenters. The molecule has 1 aliphatic rings. The van der Waals surface area contributed by atoms with Crippen molar-refractivity contribution in [2.45, 2.75) is 75.7 Å². The molecule has 8 aromatic rings. The van der Waals surface area contributed by atoms with Crippen LogP contribution in [0, 0.1) is 53.9 Å². The summed E-state index contributed by atoms with van der Waals surface area (Å²) in [6, 6.07) is 68.6. The summed E-state index contributed by atoms with van der Waals surface area (Å²) in [6.45, 7) is 22.8. The summed E-state index contributed by atoms with van der Waals surface area (Å²) >= 11 is 0. The SMILES string of the molecule is CC1=C(N(c2ccccc2)c2cccc(C)c2)CC(C)(C)C(N(c2cc(C)c(N(c3ccccc3)c3cccc(C)c3)cc2C)c2cc(C)c(N(c3ccccc3)c3cccc(C)c3)cc2C)=C1. The van der Waals surface area contributed by atoms with Crippen LogP contribution in [0.15, 0.2) is 211 Å². The number of hydrogen-bond acceptors (Lipinski definition) is 4. The summed E-state index contributed by atoms with van der Waals surface area (Å²) in [6.07, 6.45) is 3.31. The average Bonchev–Trinajstić information content (AvgIpc) is 3.32. The van der Waals surface area contributed by atoms with E-state index in [0.717, 1.165) is 46.2 Å². The Bertz CT molecular complexity index is 3020. The summed E-state index contributed by atoms with van der Waals surface area (Å²) < 4.78 is 0. The highest BCUT2D eigenvalue weighted by molar-refractivity contribution is 5.86. The van der Waals surface area contributed by atoms with Crippen LogP contribution in [0.4, 0.5) is 56.9 Å². The highest BCUT2D eigenvalue weighted by Crippen LogP contribution is 2.52. The third-order valence-electron chi connectivity index (χ3n) is 13.4. The Morgan fingerprint density at radius 1 is 0.324 bits per heavy atom. The Kier molecular flexibility index (Phi) is 12.7. The number of hydrogen-bond donors (Lipinski definition) is 0. The number of nitrogens with zero attached hydrogens (tertiary/aromatic N) is 4. The fourth-order valence-corrected chi connectivity index (χ4v) is 10.0. The zero-order valence-electron chi connectivity index (χ0n) is 41.5. The maximum absolute atomic E-state index is 2.59. The van der Waals surface area contributed by atoms with E-state index in [2.05, 4.69) is 283 Å². The van der Waals surface area contributed by atoms with Gasteiger partial charge in [-0.3, -0.25) is 0 Å². The molecule has 340 valence electrons. The second kappa shape index (κ2) is 19.0. The van der Waals surface area contributed by atoms with Gasteiger partial charge in [0.15, 0.2) is 0 Å². The Labute approximate surface area is 405 Å². The van der Waals surface area contributed by atoms with Crippen molar-refractivity contribution in [3.8, 4) is 0 Å². The van der Waals surface area contributed by atoms with Crippen molar-refractivity contribution in [3.63, 3.8) is 0 Å². The largest absolute Gasteiger partial charge is 0.314 e. The van der Waals surface area contributed by atoms with Crippen LogP contribution in [0.25, 0.3) is 0 Å². The second-order valence-corrected chi connectivity index (χ2v) is 19.4. The maximum atomic E-state index is 2.59. The van der Waals surface area contributed by atoms with Crippen molar-refractivity contribution in [3.05, 3.63) is 250 Å². The molecule has 8 aromatic carbocycles. The smallest absolute Gasteiger partial charge is 0.0494 e.